The quantitative estimate of drug-likeness (QED) is 0.343. The van der Waals surface area contributed by atoms with Crippen LogP contribution in [-0.4, -0.2) is 71.9 Å². The minimum absolute atomic E-state index is 0.0499. The standard InChI is InChI=1S/C29H30N6O3S/c1-34-14-16-35(17-15-34)28(37)21-6-8-22(9-7-21)32-29-30-13-12-24(33-29)25-10-11-26(39-25)27(36)31-19-20-4-3-5-23(18-20)38-2/h3-13,18H,14-17,19H2,1-2H3,(H,31,36)(H,30,32,33). The highest BCUT2D eigenvalue weighted by Crippen LogP contribution is 2.28. The number of benzene rings is 2. The highest BCUT2D eigenvalue weighted by Gasteiger charge is 2.20. The van der Waals surface area contributed by atoms with Crippen molar-refractivity contribution in [1.29, 1.82) is 0 Å². The molecule has 1 saturated heterocycles. The summed E-state index contributed by atoms with van der Waals surface area (Å²) in [6, 6.07) is 20.5. The molecule has 1 aliphatic rings. The number of likely N-dealkylation sites (N-methyl/N-ethyl adjacent to an activating group) is 1. The molecule has 2 aromatic carbocycles. The third-order valence-corrected chi connectivity index (χ3v) is 7.61. The van der Waals surface area contributed by atoms with Crippen LogP contribution >= 0.6 is 11.3 Å². The number of thiophene rings is 1. The Morgan fingerprint density at radius 3 is 2.56 bits per heavy atom. The molecule has 2 N–H and O–H groups in total. The van der Waals surface area contributed by atoms with Crippen LogP contribution in [0.15, 0.2) is 72.9 Å². The molecule has 1 aliphatic heterocycles. The van der Waals surface area contributed by atoms with Crippen molar-refractivity contribution in [2.45, 2.75) is 6.54 Å². The highest BCUT2D eigenvalue weighted by molar-refractivity contribution is 7.17. The fourth-order valence-corrected chi connectivity index (χ4v) is 5.12. The molecule has 2 amide bonds. The highest BCUT2D eigenvalue weighted by atomic mass is 32.1. The van der Waals surface area contributed by atoms with Gasteiger partial charge < -0.3 is 25.2 Å². The van der Waals surface area contributed by atoms with E-state index < -0.39 is 0 Å². The Kier molecular flexibility index (Phi) is 8.14. The molecule has 200 valence electrons. The monoisotopic (exact) mass is 542 g/mol. The zero-order valence-corrected chi connectivity index (χ0v) is 22.7. The molecule has 0 unspecified atom stereocenters. The summed E-state index contributed by atoms with van der Waals surface area (Å²) in [4.78, 5) is 40.0. The normalized spacial score (nSPS) is 13.6. The molecule has 0 radical (unpaired) electrons. The van der Waals surface area contributed by atoms with Crippen LogP contribution in [0.1, 0.15) is 25.6 Å². The van der Waals surface area contributed by atoms with Gasteiger partial charge in [-0.25, -0.2) is 9.97 Å². The minimum atomic E-state index is -0.146. The zero-order valence-electron chi connectivity index (χ0n) is 21.9. The molecule has 4 aromatic rings. The maximum atomic E-state index is 12.8. The summed E-state index contributed by atoms with van der Waals surface area (Å²) in [7, 11) is 3.69. The summed E-state index contributed by atoms with van der Waals surface area (Å²) in [6.45, 7) is 3.66. The number of hydrogen-bond donors (Lipinski definition) is 2. The number of rotatable bonds is 8. The number of anilines is 2. The lowest BCUT2D eigenvalue weighted by molar-refractivity contribution is 0.0664. The van der Waals surface area contributed by atoms with Gasteiger partial charge in [-0.1, -0.05) is 12.1 Å². The second-order valence-corrected chi connectivity index (χ2v) is 10.3. The number of ether oxygens (including phenoxy) is 1. The largest absolute Gasteiger partial charge is 0.497 e. The second-order valence-electron chi connectivity index (χ2n) is 9.26. The number of methoxy groups -OCH3 is 1. The first-order chi connectivity index (χ1) is 19.0. The van der Waals surface area contributed by atoms with Gasteiger partial charge in [-0.15, -0.1) is 11.3 Å². The summed E-state index contributed by atoms with van der Waals surface area (Å²) in [5.74, 6) is 1.09. The molecule has 9 nitrogen and oxygen atoms in total. The van der Waals surface area contributed by atoms with Gasteiger partial charge in [0, 0.05) is 50.2 Å². The summed E-state index contributed by atoms with van der Waals surface area (Å²) in [5, 5.41) is 6.16. The Hall–Kier alpha value is -4.28. The van der Waals surface area contributed by atoms with Crippen molar-refractivity contribution < 1.29 is 14.3 Å². The molecule has 10 heteroatoms. The van der Waals surface area contributed by atoms with Crippen molar-refractivity contribution in [3.8, 4) is 16.3 Å². The molecule has 2 aromatic heterocycles. The first kappa shape index (κ1) is 26.3. The van der Waals surface area contributed by atoms with Crippen molar-refractivity contribution in [2.24, 2.45) is 0 Å². The molecule has 0 saturated carbocycles. The van der Waals surface area contributed by atoms with Gasteiger partial charge in [0.25, 0.3) is 11.8 Å². The van der Waals surface area contributed by atoms with Crippen LogP contribution in [0.4, 0.5) is 11.6 Å². The summed E-state index contributed by atoms with van der Waals surface area (Å²) < 4.78 is 5.24. The molecular formula is C29H30N6O3S. The van der Waals surface area contributed by atoms with Gasteiger partial charge in [0.05, 0.1) is 22.6 Å². The molecule has 39 heavy (non-hydrogen) atoms. The van der Waals surface area contributed by atoms with Gasteiger partial charge in [0.1, 0.15) is 5.75 Å². The van der Waals surface area contributed by atoms with Gasteiger partial charge in [-0.2, -0.15) is 0 Å². The van der Waals surface area contributed by atoms with E-state index >= 15 is 0 Å². The predicted molar refractivity (Wildman–Crippen MR) is 153 cm³/mol. The second kappa shape index (κ2) is 12.1. The average molecular weight is 543 g/mol. The van der Waals surface area contributed by atoms with Crippen molar-refractivity contribution in [1.82, 2.24) is 25.1 Å². The summed E-state index contributed by atoms with van der Waals surface area (Å²) in [5.41, 5.74) is 3.12. The van der Waals surface area contributed by atoms with Crippen LogP contribution in [0.25, 0.3) is 10.6 Å². The lowest BCUT2D eigenvalue weighted by Gasteiger charge is -2.32. The molecule has 0 aliphatic carbocycles. The molecule has 0 bridgehead atoms. The van der Waals surface area contributed by atoms with E-state index in [1.807, 2.05) is 65.6 Å². The van der Waals surface area contributed by atoms with E-state index in [1.54, 1.807) is 19.4 Å². The number of piperazine rings is 1. The molecular weight excluding hydrogens is 512 g/mol. The fraction of sp³-hybridized carbons (Fsp3) is 0.241. The molecule has 0 spiro atoms. The number of aromatic nitrogens is 2. The third-order valence-electron chi connectivity index (χ3n) is 6.50. The third kappa shape index (κ3) is 6.60. The number of nitrogens with one attached hydrogen (secondary N) is 2. The topological polar surface area (TPSA) is 99.7 Å². The van der Waals surface area contributed by atoms with E-state index in [4.69, 9.17) is 4.74 Å². The Morgan fingerprint density at radius 1 is 1.00 bits per heavy atom. The SMILES string of the molecule is COc1cccc(CNC(=O)c2ccc(-c3ccnc(Nc4ccc(C(=O)N5CCN(C)CC5)cc4)n3)s2)c1. The predicted octanol–water partition coefficient (Wildman–Crippen LogP) is 4.27. The van der Waals surface area contributed by atoms with E-state index in [0.29, 0.717) is 28.6 Å². The maximum absolute atomic E-state index is 12.8. The summed E-state index contributed by atoms with van der Waals surface area (Å²) >= 11 is 1.37. The minimum Gasteiger partial charge on any atom is -0.497 e. The van der Waals surface area contributed by atoms with E-state index in [1.165, 1.54) is 11.3 Å². The maximum Gasteiger partial charge on any atom is 0.261 e. The first-order valence-corrected chi connectivity index (χ1v) is 13.5. The number of carbonyl (C=O) groups is 2. The Balaban J connectivity index is 1.20. The molecule has 1 fully saturated rings. The zero-order chi connectivity index (χ0) is 27.2. The van der Waals surface area contributed by atoms with Crippen LogP contribution in [0.5, 0.6) is 5.75 Å². The van der Waals surface area contributed by atoms with Crippen molar-refractivity contribution in [3.63, 3.8) is 0 Å². The fourth-order valence-electron chi connectivity index (χ4n) is 4.22. The Morgan fingerprint density at radius 2 is 1.79 bits per heavy atom. The lowest BCUT2D eigenvalue weighted by Crippen LogP contribution is -2.47. The molecule has 5 rings (SSSR count). The van der Waals surface area contributed by atoms with Crippen LogP contribution in [0, 0.1) is 0 Å². The van der Waals surface area contributed by atoms with Crippen molar-refractivity contribution >= 4 is 34.8 Å². The van der Waals surface area contributed by atoms with Gasteiger partial charge in [-0.3, -0.25) is 9.59 Å². The van der Waals surface area contributed by atoms with Crippen LogP contribution in [0.2, 0.25) is 0 Å². The smallest absolute Gasteiger partial charge is 0.261 e. The molecule has 3 heterocycles. The summed E-state index contributed by atoms with van der Waals surface area (Å²) in [6.07, 6.45) is 1.68. The number of amides is 2. The molecule has 0 atom stereocenters. The van der Waals surface area contributed by atoms with E-state index in [2.05, 4.69) is 32.5 Å². The Labute approximate surface area is 231 Å². The van der Waals surface area contributed by atoms with Crippen LogP contribution < -0.4 is 15.4 Å². The van der Waals surface area contributed by atoms with Crippen molar-refractivity contribution in [3.05, 3.63) is 88.9 Å². The number of nitrogens with zero attached hydrogens (tertiary/aromatic N) is 4. The Bertz CT molecular complexity index is 1450. The van der Waals surface area contributed by atoms with E-state index in [9.17, 15) is 9.59 Å². The van der Waals surface area contributed by atoms with Gasteiger partial charge >= 0.3 is 0 Å². The van der Waals surface area contributed by atoms with E-state index in [-0.39, 0.29) is 11.8 Å². The van der Waals surface area contributed by atoms with Crippen molar-refractivity contribution in [2.75, 3.05) is 45.7 Å². The first-order valence-electron chi connectivity index (χ1n) is 12.7. The van der Waals surface area contributed by atoms with Gasteiger partial charge in [-0.05, 0) is 67.2 Å². The van der Waals surface area contributed by atoms with Crippen LogP contribution in [-0.2, 0) is 6.54 Å². The lowest BCUT2D eigenvalue weighted by atomic mass is 10.1. The number of hydrogen-bond acceptors (Lipinski definition) is 8. The van der Waals surface area contributed by atoms with Gasteiger partial charge in [0.2, 0.25) is 5.95 Å². The van der Waals surface area contributed by atoms with Crippen LogP contribution in [0.3, 0.4) is 0 Å². The van der Waals surface area contributed by atoms with E-state index in [0.717, 1.165) is 48.1 Å². The van der Waals surface area contributed by atoms with Gasteiger partial charge in [0.15, 0.2) is 0 Å². The number of carbonyl (C=O) groups excluding carboxylic acids is 2. The average Bonchev–Trinajstić information content (AvgIpc) is 3.47.